The molecule has 0 N–H and O–H groups in total. The van der Waals surface area contributed by atoms with E-state index in [4.69, 9.17) is 16.6 Å². The first-order chi connectivity index (χ1) is 18.8. The van der Waals surface area contributed by atoms with Crippen LogP contribution in [0.3, 0.4) is 0 Å². The molecule has 8 aromatic rings. The van der Waals surface area contributed by atoms with Gasteiger partial charge in [0.05, 0.1) is 11.0 Å². The molecular formula is C33H19ClN4. The third-order valence-electron chi connectivity index (χ3n) is 7.33. The SMILES string of the molecule is Clc1nc2nc(n1)c1ccccc1c1cc(cc3c4ccccc4n(-c4ccccc4)c13)c1ccccc21. The molecule has 0 radical (unpaired) electrons. The fourth-order valence-electron chi connectivity index (χ4n) is 5.74. The first kappa shape index (κ1) is 21.3. The van der Waals surface area contributed by atoms with Crippen molar-refractivity contribution in [2.75, 3.05) is 0 Å². The van der Waals surface area contributed by atoms with Crippen molar-refractivity contribution in [3.05, 3.63) is 121 Å². The van der Waals surface area contributed by atoms with E-state index in [0.29, 0.717) is 11.3 Å². The van der Waals surface area contributed by atoms with Gasteiger partial charge in [-0.2, -0.15) is 9.97 Å². The van der Waals surface area contributed by atoms with Crippen LogP contribution < -0.4 is 0 Å². The Balaban J connectivity index is 1.78. The Bertz CT molecular complexity index is 2250. The van der Waals surface area contributed by atoms with E-state index in [1.165, 1.54) is 10.8 Å². The summed E-state index contributed by atoms with van der Waals surface area (Å²) in [6.45, 7) is 0. The van der Waals surface area contributed by atoms with E-state index < -0.39 is 0 Å². The van der Waals surface area contributed by atoms with Crippen LogP contribution in [0.15, 0.2) is 115 Å². The van der Waals surface area contributed by atoms with Gasteiger partial charge in [-0.3, -0.25) is 0 Å². The molecule has 0 spiro atoms. The van der Waals surface area contributed by atoms with Gasteiger partial charge < -0.3 is 4.57 Å². The van der Waals surface area contributed by atoms with Crippen molar-refractivity contribution in [2.24, 2.45) is 0 Å². The van der Waals surface area contributed by atoms with Crippen LogP contribution in [0.4, 0.5) is 0 Å². The molecule has 0 aliphatic rings. The normalized spacial score (nSPS) is 11.8. The molecule has 0 fully saturated rings. The quantitative estimate of drug-likeness (QED) is 0.223. The van der Waals surface area contributed by atoms with Crippen LogP contribution >= 0.6 is 11.6 Å². The van der Waals surface area contributed by atoms with E-state index >= 15 is 0 Å². The highest BCUT2D eigenvalue weighted by atomic mass is 35.5. The number of nitrogens with zero attached hydrogens (tertiary/aromatic N) is 4. The molecule has 3 aromatic heterocycles. The molecular weight excluding hydrogens is 488 g/mol. The van der Waals surface area contributed by atoms with Crippen molar-refractivity contribution in [1.29, 1.82) is 0 Å². The zero-order chi connectivity index (χ0) is 25.2. The number of aromatic nitrogens is 4. The maximum absolute atomic E-state index is 6.48. The summed E-state index contributed by atoms with van der Waals surface area (Å²) in [7, 11) is 0. The van der Waals surface area contributed by atoms with E-state index in [0.717, 1.165) is 49.0 Å². The van der Waals surface area contributed by atoms with Gasteiger partial charge in [0.1, 0.15) is 0 Å². The average molecular weight is 507 g/mol. The first-order valence-corrected chi connectivity index (χ1v) is 12.9. The van der Waals surface area contributed by atoms with Gasteiger partial charge >= 0.3 is 0 Å². The van der Waals surface area contributed by atoms with Crippen LogP contribution in [0.25, 0.3) is 71.1 Å². The fraction of sp³-hybridized carbons (Fsp3) is 0. The standard InChI is InChI=1S/C33H19ClN4/c34-33-36-31-25-15-6-4-12-22(25)20-18-27(23-13-5-7-16-26(23)32(35-31)37-33)30-28(19-20)24-14-8-9-17-29(24)38(30)21-10-2-1-3-11-21/h1-19H. The fourth-order valence-corrected chi connectivity index (χ4v) is 5.90. The molecule has 0 aliphatic carbocycles. The van der Waals surface area contributed by atoms with Gasteiger partial charge in [0.15, 0.2) is 11.3 Å². The van der Waals surface area contributed by atoms with E-state index in [2.05, 4.69) is 118 Å². The van der Waals surface area contributed by atoms with Crippen molar-refractivity contribution in [1.82, 2.24) is 19.5 Å². The Morgan fingerprint density at radius 2 is 1.00 bits per heavy atom. The van der Waals surface area contributed by atoms with Crippen LogP contribution in [0.2, 0.25) is 5.28 Å². The van der Waals surface area contributed by atoms with Gasteiger partial charge in [0.25, 0.3) is 0 Å². The summed E-state index contributed by atoms with van der Waals surface area (Å²) in [5.74, 6) is 0. The summed E-state index contributed by atoms with van der Waals surface area (Å²) in [4.78, 5) is 14.0. The summed E-state index contributed by atoms with van der Waals surface area (Å²) in [5, 5.41) is 8.75. The van der Waals surface area contributed by atoms with Crippen LogP contribution in [0.5, 0.6) is 0 Å². The van der Waals surface area contributed by atoms with Crippen molar-refractivity contribution >= 4 is 77.0 Å². The highest BCUT2D eigenvalue weighted by molar-refractivity contribution is 6.29. The van der Waals surface area contributed by atoms with E-state index in [1.54, 1.807) is 0 Å². The molecule has 4 nitrogen and oxygen atoms in total. The smallest absolute Gasteiger partial charge is 0.226 e. The Morgan fingerprint density at radius 1 is 0.474 bits per heavy atom. The molecule has 0 saturated heterocycles. The van der Waals surface area contributed by atoms with E-state index in [9.17, 15) is 0 Å². The van der Waals surface area contributed by atoms with Crippen LogP contribution in [0.1, 0.15) is 0 Å². The monoisotopic (exact) mass is 506 g/mol. The number of fused-ring (bicyclic) bond motifs is 14. The molecule has 0 saturated carbocycles. The molecule has 0 aliphatic heterocycles. The molecule has 178 valence electrons. The zero-order valence-corrected chi connectivity index (χ0v) is 20.9. The second-order valence-corrected chi connectivity index (χ2v) is 9.79. The van der Waals surface area contributed by atoms with Gasteiger partial charge in [-0.1, -0.05) is 84.9 Å². The molecule has 5 aromatic carbocycles. The molecule has 8 rings (SSSR count). The second-order valence-electron chi connectivity index (χ2n) is 9.45. The number of rotatable bonds is 1. The number of hydrogen-bond donors (Lipinski definition) is 0. The Kier molecular flexibility index (Phi) is 4.54. The molecule has 0 atom stereocenters. The van der Waals surface area contributed by atoms with Gasteiger partial charge in [-0.05, 0) is 58.1 Å². The van der Waals surface area contributed by atoms with Gasteiger partial charge in [0.2, 0.25) is 5.28 Å². The molecule has 0 amide bonds. The minimum atomic E-state index is 0.183. The number of halogens is 1. The van der Waals surface area contributed by atoms with Crippen molar-refractivity contribution in [3.63, 3.8) is 0 Å². The molecule has 4 bridgehead atoms. The maximum Gasteiger partial charge on any atom is 0.226 e. The summed E-state index contributed by atoms with van der Waals surface area (Å²) < 4.78 is 2.37. The second kappa shape index (κ2) is 8.10. The zero-order valence-electron chi connectivity index (χ0n) is 20.1. The number of benzene rings is 5. The third kappa shape index (κ3) is 3.07. The summed E-state index contributed by atoms with van der Waals surface area (Å²) in [5.41, 5.74) is 4.55. The number of para-hydroxylation sites is 2. The Hall–Kier alpha value is -4.80. The van der Waals surface area contributed by atoms with Crippen molar-refractivity contribution in [3.8, 4) is 5.69 Å². The van der Waals surface area contributed by atoms with Gasteiger partial charge in [-0.25, -0.2) is 4.98 Å². The van der Waals surface area contributed by atoms with E-state index in [1.807, 2.05) is 12.1 Å². The summed E-state index contributed by atoms with van der Waals surface area (Å²) >= 11 is 6.48. The first-order valence-electron chi connectivity index (χ1n) is 12.5. The van der Waals surface area contributed by atoms with Crippen molar-refractivity contribution < 1.29 is 0 Å². The Morgan fingerprint density at radius 3 is 1.71 bits per heavy atom. The Labute approximate surface area is 222 Å². The minimum Gasteiger partial charge on any atom is -0.309 e. The predicted octanol–water partition coefficient (Wildman–Crippen LogP) is 8.80. The topological polar surface area (TPSA) is 43.6 Å². The van der Waals surface area contributed by atoms with E-state index in [-0.39, 0.29) is 5.28 Å². The average Bonchev–Trinajstić information content (AvgIpc) is 3.31. The largest absolute Gasteiger partial charge is 0.309 e. The highest BCUT2D eigenvalue weighted by Gasteiger charge is 2.17. The van der Waals surface area contributed by atoms with Crippen molar-refractivity contribution in [2.45, 2.75) is 0 Å². The lowest BCUT2D eigenvalue weighted by molar-refractivity contribution is 1.18. The number of hydrogen-bond acceptors (Lipinski definition) is 3. The van der Waals surface area contributed by atoms with Crippen LogP contribution in [-0.2, 0) is 0 Å². The lowest BCUT2D eigenvalue weighted by atomic mass is 10.0. The molecule has 38 heavy (non-hydrogen) atoms. The minimum absolute atomic E-state index is 0.183. The molecule has 3 heterocycles. The highest BCUT2D eigenvalue weighted by Crippen LogP contribution is 2.39. The van der Waals surface area contributed by atoms with Crippen LogP contribution in [-0.4, -0.2) is 19.5 Å². The molecule has 5 heteroatoms. The van der Waals surface area contributed by atoms with Crippen LogP contribution in [0, 0.1) is 0 Å². The summed E-state index contributed by atoms with van der Waals surface area (Å²) in [6.07, 6.45) is 0. The third-order valence-corrected chi connectivity index (χ3v) is 7.50. The predicted molar refractivity (Wildman–Crippen MR) is 158 cm³/mol. The van der Waals surface area contributed by atoms with Gasteiger partial charge in [-0.15, -0.1) is 0 Å². The lowest BCUT2D eigenvalue weighted by Gasteiger charge is -2.11. The lowest BCUT2D eigenvalue weighted by Crippen LogP contribution is -1.94. The maximum atomic E-state index is 6.48. The molecule has 0 unspecified atom stereocenters. The van der Waals surface area contributed by atoms with Gasteiger partial charge in [0, 0.05) is 32.6 Å². The summed E-state index contributed by atoms with van der Waals surface area (Å²) in [6, 6.07) is 40.3.